The molecule has 5 rings (SSSR count). The van der Waals surface area contributed by atoms with Gasteiger partial charge in [0.25, 0.3) is 11.5 Å². The first-order valence-corrected chi connectivity index (χ1v) is 10.4. The molecule has 1 saturated heterocycles. The standard InChI is InChI=1S/C23H22N6O3/c1-32-18-9-5-8-17(14-18)27-10-12-28(13-11-27)23(31)20-21-22(30)24-19(15-29(21)26-25-20)16-6-3-2-4-7-16/h2-9,14-15H,10-13H2,1H3,(H,24,30). The number of methoxy groups -OCH3 is 1. The predicted molar refractivity (Wildman–Crippen MR) is 120 cm³/mol. The van der Waals surface area contributed by atoms with Crippen molar-refractivity contribution in [1.82, 2.24) is 24.7 Å². The van der Waals surface area contributed by atoms with Crippen LogP contribution in [0.1, 0.15) is 10.5 Å². The zero-order valence-corrected chi connectivity index (χ0v) is 17.6. The summed E-state index contributed by atoms with van der Waals surface area (Å²) in [5, 5.41) is 8.08. The summed E-state index contributed by atoms with van der Waals surface area (Å²) < 4.78 is 6.68. The van der Waals surface area contributed by atoms with E-state index in [0.717, 1.165) is 17.0 Å². The Balaban J connectivity index is 1.36. The molecule has 0 spiro atoms. The summed E-state index contributed by atoms with van der Waals surface area (Å²) in [6, 6.07) is 17.3. The quantitative estimate of drug-likeness (QED) is 0.533. The van der Waals surface area contributed by atoms with Crippen LogP contribution in [-0.4, -0.2) is 63.9 Å². The minimum absolute atomic E-state index is 0.0701. The molecule has 32 heavy (non-hydrogen) atoms. The van der Waals surface area contributed by atoms with Gasteiger partial charge in [0.2, 0.25) is 0 Å². The molecule has 1 amide bonds. The number of aromatic nitrogens is 4. The Morgan fingerprint density at radius 3 is 2.56 bits per heavy atom. The van der Waals surface area contributed by atoms with Crippen LogP contribution >= 0.6 is 0 Å². The number of ether oxygens (including phenoxy) is 1. The molecule has 1 N–H and O–H groups in total. The second kappa shape index (κ2) is 8.18. The topological polar surface area (TPSA) is 95.8 Å². The highest BCUT2D eigenvalue weighted by molar-refractivity contribution is 5.98. The van der Waals surface area contributed by atoms with Gasteiger partial charge in [-0.25, -0.2) is 4.52 Å². The van der Waals surface area contributed by atoms with E-state index in [0.29, 0.717) is 31.9 Å². The van der Waals surface area contributed by atoms with Gasteiger partial charge in [-0.15, -0.1) is 5.10 Å². The molecule has 0 atom stereocenters. The molecule has 0 radical (unpaired) electrons. The second-order valence-corrected chi connectivity index (χ2v) is 7.57. The van der Waals surface area contributed by atoms with Gasteiger partial charge in [-0.3, -0.25) is 9.59 Å². The van der Waals surface area contributed by atoms with Crippen molar-refractivity contribution in [3.05, 3.63) is 76.8 Å². The van der Waals surface area contributed by atoms with E-state index in [1.165, 1.54) is 4.52 Å². The smallest absolute Gasteiger partial charge is 0.277 e. The fourth-order valence-corrected chi connectivity index (χ4v) is 3.96. The molecule has 1 aliphatic rings. The molecule has 0 saturated carbocycles. The molecule has 4 aromatic rings. The molecular formula is C23H22N6O3. The Labute approximate surface area is 183 Å². The van der Waals surface area contributed by atoms with Crippen LogP contribution in [0.5, 0.6) is 5.75 Å². The highest BCUT2D eigenvalue weighted by atomic mass is 16.5. The number of nitrogens with one attached hydrogen (secondary N) is 1. The van der Waals surface area contributed by atoms with E-state index in [4.69, 9.17) is 4.74 Å². The van der Waals surface area contributed by atoms with E-state index in [9.17, 15) is 9.59 Å². The van der Waals surface area contributed by atoms with Gasteiger partial charge in [0.1, 0.15) is 5.75 Å². The SMILES string of the molecule is COc1cccc(N2CCN(C(=O)c3nnn4cc(-c5ccccc5)[nH]c(=O)c34)CC2)c1. The van der Waals surface area contributed by atoms with Crippen LogP contribution in [0.25, 0.3) is 16.8 Å². The molecule has 2 aromatic heterocycles. The van der Waals surface area contributed by atoms with Crippen molar-refractivity contribution in [3.8, 4) is 17.0 Å². The number of fused-ring (bicyclic) bond motifs is 1. The first kappa shape index (κ1) is 19.8. The van der Waals surface area contributed by atoms with Gasteiger partial charge in [0.15, 0.2) is 11.2 Å². The Morgan fingerprint density at radius 2 is 1.81 bits per heavy atom. The molecule has 1 aliphatic heterocycles. The third-order valence-electron chi connectivity index (χ3n) is 5.68. The molecule has 9 nitrogen and oxygen atoms in total. The first-order chi connectivity index (χ1) is 15.6. The largest absolute Gasteiger partial charge is 0.497 e. The number of carbonyl (C=O) groups is 1. The first-order valence-electron chi connectivity index (χ1n) is 10.4. The van der Waals surface area contributed by atoms with E-state index >= 15 is 0 Å². The summed E-state index contributed by atoms with van der Waals surface area (Å²) in [4.78, 5) is 32.7. The van der Waals surface area contributed by atoms with Crippen LogP contribution in [0, 0.1) is 0 Å². The van der Waals surface area contributed by atoms with Crippen LogP contribution in [0.4, 0.5) is 5.69 Å². The lowest BCUT2D eigenvalue weighted by molar-refractivity contribution is 0.0742. The monoisotopic (exact) mass is 430 g/mol. The number of anilines is 1. The maximum atomic E-state index is 13.1. The molecule has 3 heterocycles. The maximum Gasteiger partial charge on any atom is 0.277 e. The van der Waals surface area contributed by atoms with E-state index in [-0.39, 0.29) is 17.1 Å². The number of nitrogens with zero attached hydrogens (tertiary/aromatic N) is 5. The number of amides is 1. The Kier molecular flexibility index (Phi) is 5.06. The molecule has 1 fully saturated rings. The van der Waals surface area contributed by atoms with E-state index in [1.54, 1.807) is 18.2 Å². The maximum absolute atomic E-state index is 13.1. The van der Waals surface area contributed by atoms with Crippen molar-refractivity contribution in [3.63, 3.8) is 0 Å². The number of benzene rings is 2. The fourth-order valence-electron chi connectivity index (χ4n) is 3.96. The molecule has 0 unspecified atom stereocenters. The normalized spacial score (nSPS) is 14.0. The van der Waals surface area contributed by atoms with E-state index < -0.39 is 5.56 Å². The number of carbonyl (C=O) groups excluding carboxylic acids is 1. The number of aromatic amines is 1. The van der Waals surface area contributed by atoms with Gasteiger partial charge < -0.3 is 19.5 Å². The van der Waals surface area contributed by atoms with Crippen molar-refractivity contribution >= 4 is 17.1 Å². The minimum Gasteiger partial charge on any atom is -0.497 e. The Bertz CT molecular complexity index is 1320. The summed E-state index contributed by atoms with van der Waals surface area (Å²) in [5.74, 6) is 0.508. The van der Waals surface area contributed by atoms with Crippen molar-refractivity contribution < 1.29 is 9.53 Å². The van der Waals surface area contributed by atoms with Crippen LogP contribution < -0.4 is 15.2 Å². The Morgan fingerprint density at radius 1 is 1.03 bits per heavy atom. The predicted octanol–water partition coefficient (Wildman–Crippen LogP) is 2.06. The van der Waals surface area contributed by atoms with Gasteiger partial charge in [-0.05, 0) is 17.7 Å². The number of hydrogen-bond donors (Lipinski definition) is 1. The van der Waals surface area contributed by atoms with Crippen molar-refractivity contribution in [1.29, 1.82) is 0 Å². The molecule has 162 valence electrons. The summed E-state index contributed by atoms with van der Waals surface area (Å²) in [5.41, 5.74) is 2.35. The van der Waals surface area contributed by atoms with Gasteiger partial charge in [-0.2, -0.15) is 0 Å². The van der Waals surface area contributed by atoms with Crippen LogP contribution in [0.2, 0.25) is 0 Å². The Hall–Kier alpha value is -4.14. The molecular weight excluding hydrogens is 408 g/mol. The lowest BCUT2D eigenvalue weighted by atomic mass is 10.1. The van der Waals surface area contributed by atoms with Crippen molar-refractivity contribution in [2.75, 3.05) is 38.2 Å². The summed E-state index contributed by atoms with van der Waals surface area (Å²) in [7, 11) is 1.64. The lowest BCUT2D eigenvalue weighted by Crippen LogP contribution is -2.49. The number of hydrogen-bond acceptors (Lipinski definition) is 6. The van der Waals surface area contributed by atoms with E-state index in [1.807, 2.05) is 54.6 Å². The molecule has 0 aliphatic carbocycles. The number of rotatable bonds is 4. The number of piperazine rings is 1. The highest BCUT2D eigenvalue weighted by Crippen LogP contribution is 2.23. The van der Waals surface area contributed by atoms with Gasteiger partial charge in [-0.1, -0.05) is 41.6 Å². The average Bonchev–Trinajstić information content (AvgIpc) is 3.29. The third-order valence-corrected chi connectivity index (χ3v) is 5.68. The number of H-pyrrole nitrogens is 1. The van der Waals surface area contributed by atoms with Crippen LogP contribution in [0.15, 0.2) is 65.6 Å². The summed E-state index contributed by atoms with van der Waals surface area (Å²) in [6.45, 7) is 2.39. The zero-order valence-electron chi connectivity index (χ0n) is 17.6. The van der Waals surface area contributed by atoms with Gasteiger partial charge in [0, 0.05) is 37.9 Å². The lowest BCUT2D eigenvalue weighted by Gasteiger charge is -2.35. The molecule has 0 bridgehead atoms. The molecule has 2 aromatic carbocycles. The average molecular weight is 430 g/mol. The van der Waals surface area contributed by atoms with Crippen molar-refractivity contribution in [2.24, 2.45) is 0 Å². The summed E-state index contributed by atoms with van der Waals surface area (Å²) >= 11 is 0. The van der Waals surface area contributed by atoms with Crippen LogP contribution in [0.3, 0.4) is 0 Å². The molecule has 9 heteroatoms. The minimum atomic E-state index is -0.394. The summed E-state index contributed by atoms with van der Waals surface area (Å²) in [6.07, 6.45) is 1.68. The second-order valence-electron chi connectivity index (χ2n) is 7.57. The van der Waals surface area contributed by atoms with Gasteiger partial charge in [0.05, 0.1) is 19.0 Å². The van der Waals surface area contributed by atoms with Gasteiger partial charge >= 0.3 is 0 Å². The van der Waals surface area contributed by atoms with Crippen LogP contribution in [-0.2, 0) is 0 Å². The third kappa shape index (κ3) is 3.58. The highest BCUT2D eigenvalue weighted by Gasteiger charge is 2.27. The fraction of sp³-hybridized carbons (Fsp3) is 0.217. The van der Waals surface area contributed by atoms with E-state index in [2.05, 4.69) is 20.2 Å². The zero-order chi connectivity index (χ0) is 22.1. The van der Waals surface area contributed by atoms with Crippen molar-refractivity contribution in [2.45, 2.75) is 0 Å².